The molecule has 0 aliphatic rings. The molecule has 0 fully saturated rings. The molecule has 0 aliphatic heterocycles. The predicted octanol–water partition coefficient (Wildman–Crippen LogP) is 2.35. The van der Waals surface area contributed by atoms with E-state index in [0.29, 0.717) is 15.9 Å². The van der Waals surface area contributed by atoms with E-state index in [1.54, 1.807) is 48.2 Å². The molecular weight excluding hydrogens is 336 g/mol. The van der Waals surface area contributed by atoms with Crippen LogP contribution in [0.1, 0.15) is 15.9 Å². The minimum atomic E-state index is -0.303. The van der Waals surface area contributed by atoms with Crippen molar-refractivity contribution in [1.29, 1.82) is 0 Å². The van der Waals surface area contributed by atoms with Crippen molar-refractivity contribution in [2.24, 2.45) is 0 Å². The first kappa shape index (κ1) is 13.6. The highest BCUT2D eigenvalue weighted by Gasteiger charge is 2.09. The summed E-state index contributed by atoms with van der Waals surface area (Å²) in [6.07, 6.45) is 5.01. The van der Waals surface area contributed by atoms with Gasteiger partial charge in [0.25, 0.3) is 11.5 Å². The van der Waals surface area contributed by atoms with Crippen LogP contribution in [0.2, 0.25) is 0 Å². The van der Waals surface area contributed by atoms with Crippen molar-refractivity contribution in [1.82, 2.24) is 14.4 Å². The van der Waals surface area contributed by atoms with E-state index in [9.17, 15) is 9.59 Å². The number of pyridine rings is 2. The van der Waals surface area contributed by atoms with Gasteiger partial charge in [0.1, 0.15) is 5.82 Å². The molecule has 6 nitrogen and oxygen atoms in total. The SMILES string of the molecule is Cc1cc(NC(=O)c2ccc3cncn3c2)[nH]c(=O)c1Br. The van der Waals surface area contributed by atoms with Crippen molar-refractivity contribution in [3.05, 3.63) is 62.9 Å². The van der Waals surface area contributed by atoms with Crippen molar-refractivity contribution in [2.75, 3.05) is 5.32 Å². The van der Waals surface area contributed by atoms with E-state index in [0.717, 1.165) is 11.1 Å². The zero-order valence-electron chi connectivity index (χ0n) is 11.1. The largest absolute Gasteiger partial charge is 0.308 e. The van der Waals surface area contributed by atoms with Gasteiger partial charge >= 0.3 is 0 Å². The fourth-order valence-corrected chi connectivity index (χ4v) is 2.20. The van der Waals surface area contributed by atoms with Crippen LogP contribution in [-0.2, 0) is 0 Å². The van der Waals surface area contributed by atoms with Crippen molar-refractivity contribution in [2.45, 2.75) is 6.92 Å². The van der Waals surface area contributed by atoms with Gasteiger partial charge in [0.15, 0.2) is 0 Å². The lowest BCUT2D eigenvalue weighted by molar-refractivity contribution is 0.102. The predicted molar refractivity (Wildman–Crippen MR) is 82.6 cm³/mol. The molecule has 1 amide bonds. The van der Waals surface area contributed by atoms with Gasteiger partial charge in [0, 0.05) is 6.20 Å². The summed E-state index contributed by atoms with van der Waals surface area (Å²) in [5.41, 5.74) is 1.84. The quantitative estimate of drug-likeness (QED) is 0.747. The van der Waals surface area contributed by atoms with Gasteiger partial charge in [0.05, 0.1) is 28.1 Å². The second kappa shape index (κ2) is 5.17. The average molecular weight is 347 g/mol. The number of aromatic amines is 1. The van der Waals surface area contributed by atoms with Crippen LogP contribution in [0.5, 0.6) is 0 Å². The van der Waals surface area contributed by atoms with Crippen LogP contribution in [-0.4, -0.2) is 20.3 Å². The van der Waals surface area contributed by atoms with Crippen LogP contribution in [0.25, 0.3) is 5.52 Å². The molecule has 3 aromatic heterocycles. The summed E-state index contributed by atoms with van der Waals surface area (Å²) in [5, 5.41) is 2.67. The van der Waals surface area contributed by atoms with Crippen LogP contribution in [0.4, 0.5) is 5.82 Å². The Morgan fingerprint density at radius 1 is 1.43 bits per heavy atom. The number of aromatic nitrogens is 3. The molecule has 0 bridgehead atoms. The summed E-state index contributed by atoms with van der Waals surface area (Å²) < 4.78 is 2.21. The molecular formula is C14H11BrN4O2. The molecule has 0 radical (unpaired) electrons. The molecule has 2 N–H and O–H groups in total. The molecule has 0 atom stereocenters. The zero-order valence-corrected chi connectivity index (χ0v) is 12.6. The van der Waals surface area contributed by atoms with E-state index in [-0.39, 0.29) is 11.5 Å². The summed E-state index contributed by atoms with van der Waals surface area (Å²) in [6, 6.07) is 5.20. The number of amides is 1. The number of fused-ring (bicyclic) bond motifs is 1. The molecule has 0 aromatic carbocycles. The summed E-state index contributed by atoms with van der Waals surface area (Å²) in [6.45, 7) is 1.78. The Kier molecular flexibility index (Phi) is 3.34. The number of H-pyrrole nitrogens is 1. The number of nitrogens with zero attached hydrogens (tertiary/aromatic N) is 2. The highest BCUT2D eigenvalue weighted by molar-refractivity contribution is 9.10. The van der Waals surface area contributed by atoms with Gasteiger partial charge < -0.3 is 14.7 Å². The summed E-state index contributed by atoms with van der Waals surface area (Å²) in [5.74, 6) is 0.0550. The van der Waals surface area contributed by atoms with E-state index in [4.69, 9.17) is 0 Å². The lowest BCUT2D eigenvalue weighted by Gasteiger charge is -2.07. The van der Waals surface area contributed by atoms with E-state index < -0.39 is 0 Å². The highest BCUT2D eigenvalue weighted by atomic mass is 79.9. The number of carbonyl (C=O) groups excluding carboxylic acids is 1. The zero-order chi connectivity index (χ0) is 15.0. The maximum atomic E-state index is 12.2. The van der Waals surface area contributed by atoms with Crippen LogP contribution < -0.4 is 10.9 Å². The fraction of sp³-hybridized carbons (Fsp3) is 0.0714. The topological polar surface area (TPSA) is 79.3 Å². The van der Waals surface area contributed by atoms with Crippen molar-refractivity contribution < 1.29 is 4.79 Å². The molecule has 7 heteroatoms. The van der Waals surface area contributed by atoms with E-state index in [2.05, 4.69) is 31.2 Å². The Morgan fingerprint density at radius 2 is 2.24 bits per heavy atom. The number of anilines is 1. The number of hydrogen-bond acceptors (Lipinski definition) is 3. The number of hydrogen-bond donors (Lipinski definition) is 2. The second-order valence-electron chi connectivity index (χ2n) is 4.61. The minimum Gasteiger partial charge on any atom is -0.308 e. The van der Waals surface area contributed by atoms with Gasteiger partial charge in [-0.1, -0.05) is 0 Å². The number of rotatable bonds is 2. The number of halogens is 1. The molecule has 106 valence electrons. The standard InChI is InChI=1S/C14H11BrN4O2/c1-8-4-11(18-14(21)12(8)15)17-13(20)9-2-3-10-5-16-7-19(10)6-9/h2-7H,1H3,(H2,17,18,20,21). The number of nitrogens with one attached hydrogen (secondary N) is 2. The van der Waals surface area contributed by atoms with E-state index in [1.807, 2.05) is 0 Å². The Bertz CT molecular complexity index is 897. The molecule has 0 aliphatic carbocycles. The van der Waals surface area contributed by atoms with Gasteiger partial charge in [-0.25, -0.2) is 4.98 Å². The Morgan fingerprint density at radius 3 is 3.00 bits per heavy atom. The molecule has 0 unspecified atom stereocenters. The van der Waals surface area contributed by atoms with Gasteiger partial charge in [-0.05, 0) is 46.6 Å². The second-order valence-corrected chi connectivity index (χ2v) is 5.40. The maximum absolute atomic E-state index is 12.2. The molecule has 21 heavy (non-hydrogen) atoms. The van der Waals surface area contributed by atoms with Crippen LogP contribution in [0.15, 0.2) is 46.2 Å². The Hall–Kier alpha value is -2.41. The van der Waals surface area contributed by atoms with Gasteiger partial charge in [-0.2, -0.15) is 0 Å². The van der Waals surface area contributed by atoms with Crippen molar-refractivity contribution >= 4 is 33.2 Å². The fourth-order valence-electron chi connectivity index (χ4n) is 1.99. The summed E-state index contributed by atoms with van der Waals surface area (Å²) >= 11 is 3.18. The molecule has 3 rings (SSSR count). The molecule has 0 spiro atoms. The number of aryl methyl sites for hydroxylation is 1. The first-order chi connectivity index (χ1) is 10.0. The monoisotopic (exact) mass is 346 g/mol. The Balaban J connectivity index is 1.90. The lowest BCUT2D eigenvalue weighted by atomic mass is 10.2. The third kappa shape index (κ3) is 2.59. The first-order valence-electron chi connectivity index (χ1n) is 6.17. The lowest BCUT2D eigenvalue weighted by Crippen LogP contribution is -2.18. The normalized spacial score (nSPS) is 10.8. The van der Waals surface area contributed by atoms with Crippen molar-refractivity contribution in [3.63, 3.8) is 0 Å². The number of carbonyl (C=O) groups is 1. The average Bonchev–Trinajstić information content (AvgIpc) is 2.91. The minimum absolute atomic E-state index is 0.282. The van der Waals surface area contributed by atoms with Crippen LogP contribution in [0, 0.1) is 6.92 Å². The molecule has 0 saturated heterocycles. The van der Waals surface area contributed by atoms with Crippen LogP contribution >= 0.6 is 15.9 Å². The van der Waals surface area contributed by atoms with Gasteiger partial charge in [-0.15, -0.1) is 0 Å². The van der Waals surface area contributed by atoms with E-state index >= 15 is 0 Å². The molecule has 3 heterocycles. The smallest absolute Gasteiger partial charge is 0.264 e. The van der Waals surface area contributed by atoms with Crippen molar-refractivity contribution in [3.8, 4) is 0 Å². The van der Waals surface area contributed by atoms with Gasteiger partial charge in [-0.3, -0.25) is 9.59 Å². The maximum Gasteiger partial charge on any atom is 0.264 e. The molecule has 3 aromatic rings. The van der Waals surface area contributed by atoms with Gasteiger partial charge in [0.2, 0.25) is 0 Å². The summed E-state index contributed by atoms with van der Waals surface area (Å²) in [4.78, 5) is 30.5. The Labute approximate surface area is 128 Å². The number of imidazole rings is 1. The first-order valence-corrected chi connectivity index (χ1v) is 6.96. The third-order valence-corrected chi connectivity index (χ3v) is 4.06. The van der Waals surface area contributed by atoms with E-state index in [1.165, 1.54) is 0 Å². The summed E-state index contributed by atoms with van der Waals surface area (Å²) in [7, 11) is 0. The van der Waals surface area contributed by atoms with Crippen LogP contribution in [0.3, 0.4) is 0 Å². The third-order valence-electron chi connectivity index (χ3n) is 3.07. The molecule has 0 saturated carbocycles. The highest BCUT2D eigenvalue weighted by Crippen LogP contribution is 2.14.